The summed E-state index contributed by atoms with van der Waals surface area (Å²) in [5.74, 6) is 1.39. The van der Waals surface area contributed by atoms with Crippen LogP contribution in [0.5, 0.6) is 0 Å². The second-order valence-corrected chi connectivity index (χ2v) is 7.61. The Labute approximate surface area is 148 Å². The molecule has 0 bridgehead atoms. The van der Waals surface area contributed by atoms with E-state index in [2.05, 4.69) is 48.3 Å². The first-order chi connectivity index (χ1) is 12.3. The van der Waals surface area contributed by atoms with Crippen molar-refractivity contribution in [2.45, 2.75) is 38.0 Å². The summed E-state index contributed by atoms with van der Waals surface area (Å²) < 4.78 is 6.10. The molecule has 3 aromatic rings. The molecule has 3 heteroatoms. The van der Waals surface area contributed by atoms with Gasteiger partial charge in [-0.2, -0.15) is 0 Å². The van der Waals surface area contributed by atoms with Crippen LogP contribution in [0.4, 0.5) is 0 Å². The van der Waals surface area contributed by atoms with E-state index in [-0.39, 0.29) is 0 Å². The Morgan fingerprint density at radius 3 is 2.84 bits per heavy atom. The van der Waals surface area contributed by atoms with E-state index in [4.69, 9.17) is 9.40 Å². The van der Waals surface area contributed by atoms with Crippen LogP contribution in [-0.2, 0) is 12.8 Å². The lowest BCUT2D eigenvalue weighted by Gasteiger charge is -2.26. The van der Waals surface area contributed by atoms with Crippen molar-refractivity contribution < 1.29 is 4.42 Å². The minimum absolute atomic E-state index is 0.466. The summed E-state index contributed by atoms with van der Waals surface area (Å²) in [6.45, 7) is 2.26. The maximum Gasteiger partial charge on any atom is 0.198 e. The number of aryl methyl sites for hydroxylation is 1. The zero-order valence-electron chi connectivity index (χ0n) is 14.8. The van der Waals surface area contributed by atoms with Crippen molar-refractivity contribution in [3.8, 4) is 11.1 Å². The second kappa shape index (κ2) is 5.99. The van der Waals surface area contributed by atoms with Gasteiger partial charge in [-0.3, -0.25) is 0 Å². The van der Waals surface area contributed by atoms with E-state index in [0.29, 0.717) is 5.92 Å². The molecule has 128 valence electrons. The lowest BCUT2D eigenvalue weighted by molar-refractivity contribution is 0.239. The third-order valence-corrected chi connectivity index (χ3v) is 5.93. The van der Waals surface area contributed by atoms with Crippen LogP contribution in [-0.4, -0.2) is 30.0 Å². The van der Waals surface area contributed by atoms with Crippen LogP contribution < -0.4 is 0 Å². The number of nitrogens with zero attached hydrogens (tertiary/aromatic N) is 2. The molecule has 1 aromatic heterocycles. The highest BCUT2D eigenvalue weighted by atomic mass is 16.3. The number of piperidine rings is 1. The van der Waals surface area contributed by atoms with Gasteiger partial charge in [-0.25, -0.2) is 4.98 Å². The Morgan fingerprint density at radius 1 is 1.08 bits per heavy atom. The molecular weight excluding hydrogens is 308 g/mol. The first-order valence-corrected chi connectivity index (χ1v) is 9.48. The Bertz CT molecular complexity index is 919. The van der Waals surface area contributed by atoms with E-state index in [0.717, 1.165) is 42.9 Å². The molecule has 1 aliphatic carbocycles. The number of hydrogen-bond donors (Lipinski definition) is 0. The molecule has 0 unspecified atom stereocenters. The highest BCUT2D eigenvalue weighted by molar-refractivity contribution is 5.82. The quantitative estimate of drug-likeness (QED) is 0.675. The third-order valence-electron chi connectivity index (χ3n) is 5.93. The van der Waals surface area contributed by atoms with E-state index in [9.17, 15) is 0 Å². The van der Waals surface area contributed by atoms with Crippen molar-refractivity contribution in [2.24, 2.45) is 0 Å². The van der Waals surface area contributed by atoms with Crippen molar-refractivity contribution in [1.82, 2.24) is 9.88 Å². The van der Waals surface area contributed by atoms with E-state index < -0.39 is 0 Å². The molecule has 0 radical (unpaired) electrons. The van der Waals surface area contributed by atoms with Crippen molar-refractivity contribution in [1.29, 1.82) is 0 Å². The number of rotatable bonds is 2. The Hall–Kier alpha value is -2.13. The highest BCUT2D eigenvalue weighted by Crippen LogP contribution is 2.35. The first kappa shape index (κ1) is 15.2. The summed E-state index contributed by atoms with van der Waals surface area (Å²) in [7, 11) is 2.19. The van der Waals surface area contributed by atoms with Crippen LogP contribution >= 0.6 is 0 Å². The SMILES string of the molecule is CN1CCC(c2nc3cc(-c4cccc5c4CCC5)ccc3o2)CC1. The van der Waals surface area contributed by atoms with E-state index in [1.807, 2.05) is 0 Å². The highest BCUT2D eigenvalue weighted by Gasteiger charge is 2.23. The molecule has 0 saturated carbocycles. The van der Waals surface area contributed by atoms with Gasteiger partial charge in [-0.05, 0) is 86.6 Å². The zero-order chi connectivity index (χ0) is 16.8. The summed E-state index contributed by atoms with van der Waals surface area (Å²) in [6, 6.07) is 13.2. The Kier molecular flexibility index (Phi) is 3.63. The van der Waals surface area contributed by atoms with Crippen LogP contribution in [0.15, 0.2) is 40.8 Å². The lowest BCUT2D eigenvalue weighted by Crippen LogP contribution is -2.29. The number of aromatic nitrogens is 1. The molecule has 2 heterocycles. The molecule has 25 heavy (non-hydrogen) atoms. The minimum atomic E-state index is 0.466. The average molecular weight is 332 g/mol. The van der Waals surface area contributed by atoms with Crippen molar-refractivity contribution in [3.63, 3.8) is 0 Å². The predicted octanol–water partition coefficient (Wildman–Crippen LogP) is 4.79. The van der Waals surface area contributed by atoms with Gasteiger partial charge < -0.3 is 9.32 Å². The van der Waals surface area contributed by atoms with Crippen LogP contribution in [0.2, 0.25) is 0 Å². The molecule has 1 aliphatic heterocycles. The van der Waals surface area contributed by atoms with Crippen LogP contribution in [0.25, 0.3) is 22.2 Å². The summed E-state index contributed by atoms with van der Waals surface area (Å²) in [6.07, 6.45) is 5.97. The molecule has 0 atom stereocenters. The van der Waals surface area contributed by atoms with Crippen LogP contribution in [0.3, 0.4) is 0 Å². The lowest BCUT2D eigenvalue weighted by atomic mass is 9.96. The molecule has 5 rings (SSSR count). The van der Waals surface area contributed by atoms with Crippen LogP contribution in [0.1, 0.15) is 42.2 Å². The number of hydrogen-bond acceptors (Lipinski definition) is 3. The summed E-state index contributed by atoms with van der Waals surface area (Å²) in [5.41, 5.74) is 7.62. The number of benzene rings is 2. The molecule has 1 fully saturated rings. The normalized spacial score (nSPS) is 18.8. The minimum Gasteiger partial charge on any atom is -0.440 e. The van der Waals surface area contributed by atoms with E-state index in [1.165, 1.54) is 41.5 Å². The van der Waals surface area contributed by atoms with Gasteiger partial charge in [0.1, 0.15) is 5.52 Å². The summed E-state index contributed by atoms with van der Waals surface area (Å²) in [4.78, 5) is 7.24. The zero-order valence-corrected chi connectivity index (χ0v) is 14.8. The van der Waals surface area contributed by atoms with Crippen molar-refractivity contribution in [2.75, 3.05) is 20.1 Å². The van der Waals surface area contributed by atoms with Gasteiger partial charge in [0.25, 0.3) is 0 Å². The fraction of sp³-hybridized carbons (Fsp3) is 0.409. The molecule has 2 aromatic carbocycles. The largest absolute Gasteiger partial charge is 0.440 e. The fourth-order valence-corrected chi connectivity index (χ4v) is 4.43. The predicted molar refractivity (Wildman–Crippen MR) is 101 cm³/mol. The number of likely N-dealkylation sites (tertiary alicyclic amines) is 1. The van der Waals surface area contributed by atoms with Crippen LogP contribution in [0, 0.1) is 0 Å². The van der Waals surface area contributed by atoms with Gasteiger partial charge in [0.15, 0.2) is 11.5 Å². The van der Waals surface area contributed by atoms with Gasteiger partial charge in [0, 0.05) is 5.92 Å². The maximum atomic E-state index is 6.10. The molecule has 0 spiro atoms. The van der Waals surface area contributed by atoms with Crippen molar-refractivity contribution >= 4 is 11.1 Å². The standard InChI is InChI=1S/C22H24N2O/c1-24-12-10-16(11-13-24)22-23-20-14-17(8-9-21(20)25-22)19-7-3-5-15-4-2-6-18(15)19/h3,5,7-9,14,16H,2,4,6,10-13H2,1H3. The summed E-state index contributed by atoms with van der Waals surface area (Å²) >= 11 is 0. The number of fused-ring (bicyclic) bond motifs is 2. The third kappa shape index (κ3) is 2.67. The molecule has 2 aliphatic rings. The molecular formula is C22H24N2O. The van der Waals surface area contributed by atoms with Gasteiger partial charge >= 0.3 is 0 Å². The van der Waals surface area contributed by atoms with E-state index >= 15 is 0 Å². The first-order valence-electron chi connectivity index (χ1n) is 9.48. The topological polar surface area (TPSA) is 29.3 Å². The van der Waals surface area contributed by atoms with E-state index in [1.54, 1.807) is 0 Å². The second-order valence-electron chi connectivity index (χ2n) is 7.61. The van der Waals surface area contributed by atoms with Gasteiger partial charge in [-0.1, -0.05) is 24.3 Å². The Morgan fingerprint density at radius 2 is 1.96 bits per heavy atom. The Balaban J connectivity index is 1.51. The van der Waals surface area contributed by atoms with Crippen molar-refractivity contribution in [3.05, 3.63) is 53.4 Å². The smallest absolute Gasteiger partial charge is 0.198 e. The molecule has 0 N–H and O–H groups in total. The summed E-state index contributed by atoms with van der Waals surface area (Å²) in [5, 5.41) is 0. The average Bonchev–Trinajstić information content (AvgIpc) is 3.28. The molecule has 1 saturated heterocycles. The molecule has 3 nitrogen and oxygen atoms in total. The van der Waals surface area contributed by atoms with Gasteiger partial charge in [0.2, 0.25) is 0 Å². The number of oxazole rings is 1. The monoisotopic (exact) mass is 332 g/mol. The van der Waals surface area contributed by atoms with Gasteiger partial charge in [-0.15, -0.1) is 0 Å². The molecule has 0 amide bonds. The maximum absolute atomic E-state index is 6.10. The fourth-order valence-electron chi connectivity index (χ4n) is 4.43. The van der Waals surface area contributed by atoms with Gasteiger partial charge in [0.05, 0.1) is 0 Å².